The minimum Gasteiger partial charge on any atom is -0.477 e. The summed E-state index contributed by atoms with van der Waals surface area (Å²) < 4.78 is 5.63. The Morgan fingerprint density at radius 3 is 2.52 bits per heavy atom. The van der Waals surface area contributed by atoms with Gasteiger partial charge in [-0.3, -0.25) is 0 Å². The first-order valence-electron chi connectivity index (χ1n) is 9.02. The van der Waals surface area contributed by atoms with Crippen molar-refractivity contribution in [2.75, 3.05) is 18.0 Å². The number of thioether (sulfide) groups is 1. The number of aromatic nitrogens is 1. The quantitative estimate of drug-likeness (QED) is 0.494. The fourth-order valence-electron chi connectivity index (χ4n) is 3.21. The van der Waals surface area contributed by atoms with Crippen molar-refractivity contribution in [3.05, 3.63) is 59.0 Å². The van der Waals surface area contributed by atoms with Crippen LogP contribution in [-0.2, 0) is 4.79 Å². The van der Waals surface area contributed by atoms with Gasteiger partial charge >= 0.3 is 5.97 Å². The van der Waals surface area contributed by atoms with Crippen LogP contribution in [0.1, 0.15) is 24.8 Å². The van der Waals surface area contributed by atoms with E-state index in [1.165, 1.54) is 24.9 Å². The molecular formula is C21H20N2O3S. The maximum absolute atomic E-state index is 11.7. The molecule has 5 nitrogen and oxygen atoms in total. The van der Waals surface area contributed by atoms with Crippen molar-refractivity contribution in [3.63, 3.8) is 0 Å². The number of nitrogens with zero attached hydrogens (tertiary/aromatic N) is 2. The number of benzene rings is 2. The smallest absolute Gasteiger partial charge is 0.342 e. The molecule has 1 N–H and O–H groups in total. The van der Waals surface area contributed by atoms with E-state index in [0.29, 0.717) is 10.8 Å². The second-order valence-electron chi connectivity index (χ2n) is 6.50. The monoisotopic (exact) mass is 380 g/mol. The molecule has 6 heteroatoms. The fourth-order valence-corrected chi connectivity index (χ4v) is 3.95. The first kappa shape index (κ1) is 17.7. The molecule has 1 aliphatic rings. The molecule has 0 unspecified atom stereocenters. The van der Waals surface area contributed by atoms with Crippen LogP contribution in [0.25, 0.3) is 17.2 Å². The predicted octanol–water partition coefficient (Wildman–Crippen LogP) is 5.04. The van der Waals surface area contributed by atoms with Gasteiger partial charge in [0.25, 0.3) is 5.22 Å². The highest BCUT2D eigenvalue weighted by Gasteiger charge is 2.15. The molecule has 0 radical (unpaired) electrons. The molecule has 0 spiro atoms. The lowest BCUT2D eigenvalue weighted by molar-refractivity contribution is -0.131. The van der Waals surface area contributed by atoms with Gasteiger partial charge in [-0.1, -0.05) is 24.3 Å². The number of rotatable bonds is 5. The Bertz CT molecular complexity index is 940. The molecule has 2 aromatic carbocycles. The third kappa shape index (κ3) is 4.17. The summed E-state index contributed by atoms with van der Waals surface area (Å²) in [6.07, 6.45) is 5.41. The van der Waals surface area contributed by atoms with E-state index in [1.54, 1.807) is 6.08 Å². The highest BCUT2D eigenvalue weighted by molar-refractivity contribution is 8.03. The Balaban J connectivity index is 1.54. The standard InChI is InChI=1S/C21H20N2O3S/c24-20(25)19(27-21-22-17-6-2-3-7-18(17)26-21)14-15-8-10-16(11-9-15)23-12-4-1-5-13-23/h2-3,6-11,14H,1,4-5,12-13H2,(H,24,25)/b19-14+. The summed E-state index contributed by atoms with van der Waals surface area (Å²) in [6, 6.07) is 15.4. The highest BCUT2D eigenvalue weighted by atomic mass is 32.2. The first-order valence-corrected chi connectivity index (χ1v) is 9.84. The zero-order valence-electron chi connectivity index (χ0n) is 14.8. The Hall–Kier alpha value is -2.73. The molecule has 0 aliphatic carbocycles. The van der Waals surface area contributed by atoms with Crippen molar-refractivity contribution in [2.45, 2.75) is 24.5 Å². The number of carboxylic acids is 1. The SMILES string of the molecule is O=C(O)/C(=C\c1ccc(N2CCCCC2)cc1)Sc1nc2ccccc2o1. The molecule has 3 aromatic rings. The van der Waals surface area contributed by atoms with Crippen LogP contribution in [0.2, 0.25) is 0 Å². The molecule has 1 aromatic heterocycles. The van der Waals surface area contributed by atoms with Gasteiger partial charge in [0.05, 0.1) is 0 Å². The van der Waals surface area contributed by atoms with Gasteiger partial charge in [-0.25, -0.2) is 9.78 Å². The van der Waals surface area contributed by atoms with Gasteiger partial charge < -0.3 is 14.4 Å². The van der Waals surface area contributed by atoms with E-state index in [1.807, 2.05) is 36.4 Å². The minimum absolute atomic E-state index is 0.173. The van der Waals surface area contributed by atoms with Gasteiger partial charge in [0.15, 0.2) is 5.58 Å². The average molecular weight is 380 g/mol. The zero-order chi connectivity index (χ0) is 18.6. The second kappa shape index (κ2) is 7.88. The van der Waals surface area contributed by atoms with Crippen LogP contribution in [0.4, 0.5) is 5.69 Å². The van der Waals surface area contributed by atoms with Crippen molar-refractivity contribution in [1.82, 2.24) is 4.98 Å². The van der Waals surface area contributed by atoms with Crippen LogP contribution < -0.4 is 4.90 Å². The Kier molecular flexibility index (Phi) is 5.16. The minimum atomic E-state index is -0.998. The number of hydrogen-bond donors (Lipinski definition) is 1. The average Bonchev–Trinajstić information content (AvgIpc) is 3.11. The molecular weight excluding hydrogens is 360 g/mol. The van der Waals surface area contributed by atoms with Gasteiger partial charge in [-0.15, -0.1) is 0 Å². The van der Waals surface area contributed by atoms with Gasteiger partial charge in [-0.2, -0.15) is 0 Å². The van der Waals surface area contributed by atoms with Crippen molar-refractivity contribution >= 4 is 40.6 Å². The highest BCUT2D eigenvalue weighted by Crippen LogP contribution is 2.31. The molecule has 0 saturated carbocycles. The second-order valence-corrected chi connectivity index (χ2v) is 7.50. The van der Waals surface area contributed by atoms with E-state index >= 15 is 0 Å². The Labute approximate surface area is 161 Å². The largest absolute Gasteiger partial charge is 0.477 e. The number of fused-ring (bicyclic) bond motifs is 1. The predicted molar refractivity (Wildman–Crippen MR) is 108 cm³/mol. The van der Waals surface area contributed by atoms with Crippen molar-refractivity contribution < 1.29 is 14.3 Å². The molecule has 27 heavy (non-hydrogen) atoms. The number of oxazole rings is 1. The summed E-state index contributed by atoms with van der Waals surface area (Å²) in [5, 5.41) is 9.89. The number of carbonyl (C=O) groups is 1. The summed E-state index contributed by atoms with van der Waals surface area (Å²) in [4.78, 5) is 18.6. The molecule has 0 atom stereocenters. The fraction of sp³-hybridized carbons (Fsp3) is 0.238. The normalized spacial score (nSPS) is 15.3. The zero-order valence-corrected chi connectivity index (χ0v) is 15.6. The van der Waals surface area contributed by atoms with Crippen LogP contribution in [0.5, 0.6) is 0 Å². The third-order valence-electron chi connectivity index (χ3n) is 4.59. The topological polar surface area (TPSA) is 66.6 Å². The van der Waals surface area contributed by atoms with E-state index in [4.69, 9.17) is 4.42 Å². The molecule has 1 saturated heterocycles. The molecule has 2 heterocycles. The number of para-hydroxylation sites is 2. The maximum atomic E-state index is 11.7. The number of carboxylic acid groups (broad SMARTS) is 1. The van der Waals surface area contributed by atoms with Gasteiger partial charge in [0, 0.05) is 18.8 Å². The van der Waals surface area contributed by atoms with E-state index in [9.17, 15) is 9.90 Å². The Morgan fingerprint density at radius 2 is 1.81 bits per heavy atom. The Morgan fingerprint density at radius 1 is 1.07 bits per heavy atom. The van der Waals surface area contributed by atoms with Crippen LogP contribution in [0.15, 0.2) is 63.1 Å². The van der Waals surface area contributed by atoms with E-state index < -0.39 is 5.97 Å². The maximum Gasteiger partial charge on any atom is 0.342 e. The lowest BCUT2D eigenvalue weighted by Gasteiger charge is -2.28. The first-order chi connectivity index (χ1) is 13.2. The number of anilines is 1. The number of piperidine rings is 1. The molecule has 138 valence electrons. The number of hydrogen-bond acceptors (Lipinski definition) is 5. The van der Waals surface area contributed by atoms with Gasteiger partial charge in [0.2, 0.25) is 0 Å². The van der Waals surface area contributed by atoms with Crippen LogP contribution in [-0.4, -0.2) is 29.1 Å². The lowest BCUT2D eigenvalue weighted by atomic mass is 10.1. The van der Waals surface area contributed by atoms with Gasteiger partial charge in [0.1, 0.15) is 10.4 Å². The molecule has 0 bridgehead atoms. The van der Waals surface area contributed by atoms with Crippen molar-refractivity contribution in [2.24, 2.45) is 0 Å². The summed E-state index contributed by atoms with van der Waals surface area (Å²) in [7, 11) is 0. The van der Waals surface area contributed by atoms with Crippen LogP contribution >= 0.6 is 11.8 Å². The summed E-state index contributed by atoms with van der Waals surface area (Å²) in [5.41, 5.74) is 3.40. The summed E-state index contributed by atoms with van der Waals surface area (Å²) >= 11 is 1.02. The van der Waals surface area contributed by atoms with Crippen molar-refractivity contribution in [3.8, 4) is 0 Å². The van der Waals surface area contributed by atoms with Gasteiger partial charge in [-0.05, 0) is 66.9 Å². The summed E-state index contributed by atoms with van der Waals surface area (Å²) in [5.74, 6) is -0.998. The number of aliphatic carboxylic acids is 1. The third-order valence-corrected chi connectivity index (χ3v) is 5.46. The molecule has 0 amide bonds. The van der Waals surface area contributed by atoms with E-state index in [0.717, 1.165) is 35.9 Å². The lowest BCUT2D eigenvalue weighted by Crippen LogP contribution is -2.29. The summed E-state index contributed by atoms with van der Waals surface area (Å²) in [6.45, 7) is 2.17. The van der Waals surface area contributed by atoms with Crippen LogP contribution in [0, 0.1) is 0 Å². The van der Waals surface area contributed by atoms with Crippen molar-refractivity contribution in [1.29, 1.82) is 0 Å². The molecule has 4 rings (SSSR count). The molecule has 1 aliphatic heterocycles. The van der Waals surface area contributed by atoms with E-state index in [2.05, 4.69) is 22.0 Å². The van der Waals surface area contributed by atoms with Crippen LogP contribution in [0.3, 0.4) is 0 Å². The van der Waals surface area contributed by atoms with E-state index in [-0.39, 0.29) is 4.91 Å². The molecule has 1 fully saturated rings.